The zero-order valence-electron chi connectivity index (χ0n) is 11.1. The minimum atomic E-state index is -1.09. The van der Waals surface area contributed by atoms with Crippen molar-refractivity contribution < 1.29 is 15.0 Å². The smallest absolute Gasteiger partial charge is 0.323 e. The first-order valence-electron chi connectivity index (χ1n) is 6.23. The predicted octanol–water partition coefficient (Wildman–Crippen LogP) is 0.222. The van der Waals surface area contributed by atoms with Gasteiger partial charge in [0.25, 0.3) is 0 Å². The van der Waals surface area contributed by atoms with Crippen molar-refractivity contribution in [3.8, 4) is 0 Å². The van der Waals surface area contributed by atoms with Gasteiger partial charge in [0, 0.05) is 31.0 Å². The number of carboxylic acid groups (broad SMARTS) is 1. The normalized spacial score (nSPS) is 13.8. The van der Waals surface area contributed by atoms with E-state index in [1.54, 1.807) is 12.4 Å². The molecule has 2 unspecified atom stereocenters. The molecule has 0 aliphatic carbocycles. The van der Waals surface area contributed by atoms with Crippen LogP contribution in [0.25, 0.3) is 0 Å². The van der Waals surface area contributed by atoms with Gasteiger partial charge in [0.2, 0.25) is 5.95 Å². The summed E-state index contributed by atoms with van der Waals surface area (Å²) in [5.41, 5.74) is 0.758. The number of nitrogens with zero attached hydrogens (tertiary/aromatic N) is 2. The number of aromatic nitrogens is 2. The fraction of sp³-hybridized carbons (Fsp3) is 0.583. The van der Waals surface area contributed by atoms with Gasteiger partial charge in [-0.15, -0.1) is 0 Å². The Morgan fingerprint density at radius 3 is 2.53 bits per heavy atom. The van der Waals surface area contributed by atoms with Crippen LogP contribution in [0.1, 0.15) is 25.8 Å². The van der Waals surface area contributed by atoms with Gasteiger partial charge in [-0.2, -0.15) is 0 Å². The lowest BCUT2D eigenvalue weighted by Gasteiger charge is -2.16. The molecule has 1 aromatic heterocycles. The summed E-state index contributed by atoms with van der Waals surface area (Å²) >= 11 is 0. The zero-order chi connectivity index (χ0) is 14.3. The number of anilines is 1. The Bertz CT molecular complexity index is 394. The van der Waals surface area contributed by atoms with Crippen molar-refractivity contribution >= 4 is 11.9 Å². The highest BCUT2D eigenvalue weighted by Gasteiger charge is 2.21. The molecule has 0 aliphatic heterocycles. The lowest BCUT2D eigenvalue weighted by atomic mass is 10.2. The van der Waals surface area contributed by atoms with Crippen LogP contribution in [-0.2, 0) is 11.3 Å². The summed E-state index contributed by atoms with van der Waals surface area (Å²) in [7, 11) is 0. The molecule has 19 heavy (non-hydrogen) atoms. The van der Waals surface area contributed by atoms with E-state index in [1.165, 1.54) is 6.92 Å². The van der Waals surface area contributed by atoms with Crippen LogP contribution in [0.5, 0.6) is 0 Å². The highest BCUT2D eigenvalue weighted by atomic mass is 16.4. The summed E-state index contributed by atoms with van der Waals surface area (Å²) in [6.07, 6.45) is 3.27. The van der Waals surface area contributed by atoms with Crippen molar-refractivity contribution in [2.45, 2.75) is 39.0 Å². The molecule has 2 atom stereocenters. The van der Waals surface area contributed by atoms with Crippen LogP contribution in [0.2, 0.25) is 0 Å². The number of carboxylic acids is 1. The standard InChI is InChI=1S/C12H20N4O3/c1-3-4-13-12-15-6-9(7-16-12)5-14-10(8(2)17)11(18)19/h6-8,10,14,17H,3-5H2,1-2H3,(H,18,19)(H,13,15,16). The van der Waals surface area contributed by atoms with E-state index in [2.05, 4.69) is 20.6 Å². The number of nitrogens with one attached hydrogen (secondary N) is 2. The topological polar surface area (TPSA) is 107 Å². The van der Waals surface area contributed by atoms with Gasteiger partial charge in [0.15, 0.2) is 0 Å². The Morgan fingerprint density at radius 1 is 1.42 bits per heavy atom. The maximum atomic E-state index is 10.9. The number of hydrogen-bond donors (Lipinski definition) is 4. The molecule has 0 aliphatic rings. The van der Waals surface area contributed by atoms with E-state index in [0.29, 0.717) is 5.95 Å². The molecule has 0 bridgehead atoms. The first kappa shape index (κ1) is 15.3. The second-order valence-corrected chi connectivity index (χ2v) is 4.28. The molecule has 0 saturated carbocycles. The van der Waals surface area contributed by atoms with Crippen molar-refractivity contribution in [3.05, 3.63) is 18.0 Å². The average molecular weight is 268 g/mol. The van der Waals surface area contributed by atoms with E-state index < -0.39 is 18.1 Å². The Kier molecular flexibility index (Phi) is 6.17. The molecule has 0 aromatic carbocycles. The molecule has 0 fully saturated rings. The van der Waals surface area contributed by atoms with Crippen molar-refractivity contribution in [2.75, 3.05) is 11.9 Å². The molecule has 4 N–H and O–H groups in total. The molecule has 7 heteroatoms. The van der Waals surface area contributed by atoms with Crippen molar-refractivity contribution in [1.82, 2.24) is 15.3 Å². The highest BCUT2D eigenvalue weighted by Crippen LogP contribution is 2.02. The lowest BCUT2D eigenvalue weighted by Crippen LogP contribution is -2.44. The number of aliphatic carboxylic acids is 1. The minimum absolute atomic E-state index is 0.288. The third-order valence-electron chi connectivity index (χ3n) is 2.51. The number of hydrogen-bond acceptors (Lipinski definition) is 6. The van der Waals surface area contributed by atoms with Gasteiger partial charge >= 0.3 is 5.97 Å². The first-order chi connectivity index (χ1) is 9.04. The number of carbonyl (C=O) groups is 1. The van der Waals surface area contributed by atoms with Crippen molar-refractivity contribution in [3.63, 3.8) is 0 Å². The van der Waals surface area contributed by atoms with E-state index in [0.717, 1.165) is 18.5 Å². The summed E-state index contributed by atoms with van der Waals surface area (Å²) in [6, 6.07) is -1.00. The van der Waals surface area contributed by atoms with Gasteiger partial charge < -0.3 is 15.5 Å². The van der Waals surface area contributed by atoms with E-state index in [4.69, 9.17) is 5.11 Å². The number of aliphatic hydroxyl groups is 1. The maximum Gasteiger partial charge on any atom is 0.323 e. The van der Waals surface area contributed by atoms with Crippen LogP contribution in [0.15, 0.2) is 12.4 Å². The highest BCUT2D eigenvalue weighted by molar-refractivity contribution is 5.74. The Labute approximate surface area is 112 Å². The molecule has 7 nitrogen and oxygen atoms in total. The van der Waals surface area contributed by atoms with Crippen LogP contribution < -0.4 is 10.6 Å². The van der Waals surface area contributed by atoms with Gasteiger partial charge in [-0.3, -0.25) is 10.1 Å². The van der Waals surface area contributed by atoms with Gasteiger partial charge in [0.1, 0.15) is 6.04 Å². The molecule has 0 saturated heterocycles. The monoisotopic (exact) mass is 268 g/mol. The fourth-order valence-corrected chi connectivity index (χ4v) is 1.47. The van der Waals surface area contributed by atoms with Gasteiger partial charge in [-0.25, -0.2) is 9.97 Å². The summed E-state index contributed by atoms with van der Waals surface area (Å²) in [6.45, 7) is 4.57. The minimum Gasteiger partial charge on any atom is -0.480 e. The van der Waals surface area contributed by atoms with Crippen molar-refractivity contribution in [2.24, 2.45) is 0 Å². The van der Waals surface area contributed by atoms with Gasteiger partial charge in [-0.05, 0) is 13.3 Å². The van der Waals surface area contributed by atoms with Crippen LogP contribution >= 0.6 is 0 Å². The summed E-state index contributed by atoms with van der Waals surface area (Å²) in [5, 5.41) is 24.0. The third-order valence-corrected chi connectivity index (χ3v) is 2.51. The van der Waals surface area contributed by atoms with Crippen LogP contribution in [0, 0.1) is 0 Å². The molecular formula is C12H20N4O3. The SMILES string of the molecule is CCCNc1ncc(CNC(C(=O)O)C(C)O)cn1. The summed E-state index contributed by atoms with van der Waals surface area (Å²) in [4.78, 5) is 19.1. The molecule has 0 amide bonds. The zero-order valence-corrected chi connectivity index (χ0v) is 11.1. The average Bonchev–Trinajstić information content (AvgIpc) is 2.37. The van der Waals surface area contributed by atoms with E-state index in [-0.39, 0.29) is 6.54 Å². The summed E-state index contributed by atoms with van der Waals surface area (Å²) in [5.74, 6) is -0.534. The number of aliphatic hydroxyl groups excluding tert-OH is 1. The molecule has 106 valence electrons. The third kappa shape index (κ3) is 5.19. The lowest BCUT2D eigenvalue weighted by molar-refractivity contribution is -0.142. The van der Waals surface area contributed by atoms with E-state index in [9.17, 15) is 9.90 Å². The Hall–Kier alpha value is -1.73. The fourth-order valence-electron chi connectivity index (χ4n) is 1.47. The quantitative estimate of drug-likeness (QED) is 0.534. The second kappa shape index (κ2) is 7.65. The molecule has 1 aromatic rings. The maximum absolute atomic E-state index is 10.9. The van der Waals surface area contributed by atoms with Gasteiger partial charge in [0.05, 0.1) is 6.10 Å². The molecule has 0 radical (unpaired) electrons. The summed E-state index contributed by atoms with van der Waals surface area (Å²) < 4.78 is 0. The number of rotatable bonds is 8. The Morgan fingerprint density at radius 2 is 2.05 bits per heavy atom. The van der Waals surface area contributed by atoms with Crippen molar-refractivity contribution in [1.29, 1.82) is 0 Å². The molecular weight excluding hydrogens is 248 g/mol. The molecule has 0 spiro atoms. The van der Waals surface area contributed by atoms with Crippen LogP contribution in [0.4, 0.5) is 5.95 Å². The largest absolute Gasteiger partial charge is 0.480 e. The van der Waals surface area contributed by atoms with E-state index >= 15 is 0 Å². The van der Waals surface area contributed by atoms with E-state index in [1.807, 2.05) is 6.92 Å². The second-order valence-electron chi connectivity index (χ2n) is 4.28. The molecule has 1 rings (SSSR count). The van der Waals surface area contributed by atoms with Crippen LogP contribution in [-0.4, -0.2) is 44.8 Å². The molecule has 1 heterocycles. The van der Waals surface area contributed by atoms with Gasteiger partial charge in [-0.1, -0.05) is 6.92 Å². The van der Waals surface area contributed by atoms with Crippen LogP contribution in [0.3, 0.4) is 0 Å². The first-order valence-corrected chi connectivity index (χ1v) is 6.23. The Balaban J connectivity index is 2.51. The predicted molar refractivity (Wildman–Crippen MR) is 70.8 cm³/mol.